The van der Waals surface area contributed by atoms with Gasteiger partial charge in [-0.1, -0.05) is 97.8 Å². The minimum atomic E-state index is -2.83. The highest BCUT2D eigenvalue weighted by Gasteiger charge is 2.59. The third kappa shape index (κ3) is 20.5. The van der Waals surface area contributed by atoms with Crippen LogP contribution in [-0.2, 0) is 26.1 Å². The van der Waals surface area contributed by atoms with Gasteiger partial charge in [0.2, 0.25) is 0 Å². The van der Waals surface area contributed by atoms with E-state index < -0.39 is 40.0 Å². The first kappa shape index (κ1) is 93.4. The molecule has 7 aromatic heterocycles. The van der Waals surface area contributed by atoms with Gasteiger partial charge in [0.25, 0.3) is 23.8 Å². The van der Waals surface area contributed by atoms with Crippen LogP contribution in [0.4, 0.5) is 38.5 Å². The lowest BCUT2D eigenvalue weighted by Gasteiger charge is -2.34. The van der Waals surface area contributed by atoms with E-state index in [0.717, 1.165) is 69.9 Å². The van der Waals surface area contributed by atoms with Gasteiger partial charge in [-0.2, -0.15) is 5.10 Å². The van der Waals surface area contributed by atoms with E-state index in [1.807, 2.05) is 75.4 Å². The predicted octanol–water partition coefficient (Wildman–Crippen LogP) is 19.0. The minimum Gasteiger partial charge on any atom is -0.483 e. The molecule has 0 radical (unpaired) electrons. The van der Waals surface area contributed by atoms with Crippen LogP contribution in [-0.4, -0.2) is 129 Å². The maximum atomic E-state index is 15.5. The number of fused-ring (bicyclic) bond motifs is 5. The van der Waals surface area contributed by atoms with Crippen molar-refractivity contribution in [2.75, 3.05) is 56.0 Å². The summed E-state index contributed by atoms with van der Waals surface area (Å²) in [6.07, 6.45) is 11.1. The minimum absolute atomic E-state index is 0.0148. The largest absolute Gasteiger partial charge is 0.483 e. The number of imidazole rings is 4. The van der Waals surface area contributed by atoms with E-state index in [0.29, 0.717) is 130 Å². The molecule has 1 saturated carbocycles. The second-order valence-electron chi connectivity index (χ2n) is 28.8. The maximum absolute atomic E-state index is 15.5. The Morgan fingerprint density at radius 2 is 1.22 bits per heavy atom. The number of carboxylic acid groups (broad SMARTS) is 1. The van der Waals surface area contributed by atoms with Crippen LogP contribution < -0.4 is 39.7 Å². The number of benzene rings is 8. The number of carbonyl (C=O) groups is 2. The Morgan fingerprint density at radius 1 is 0.683 bits per heavy atom. The van der Waals surface area contributed by atoms with Crippen molar-refractivity contribution >= 4 is 273 Å². The third-order valence-corrected chi connectivity index (χ3v) is 27.7. The molecule has 1 saturated heterocycles. The van der Waals surface area contributed by atoms with E-state index in [1.165, 1.54) is 39.2 Å². The average molecular weight is 2460 g/mol. The molecule has 13 N–H and O–H groups in total. The normalized spacial score (nSPS) is 15.3. The monoisotopic (exact) mass is 2460 g/mol. The fraction of sp³-hybridized carbons (Fsp3) is 0.212. The number of nitro benzene ring substituents is 2. The van der Waals surface area contributed by atoms with Crippen molar-refractivity contribution in [3.63, 3.8) is 0 Å². The van der Waals surface area contributed by atoms with E-state index in [-0.39, 0.29) is 46.9 Å². The average Bonchev–Trinajstić information content (AvgIpc) is 1.52. The van der Waals surface area contributed by atoms with Gasteiger partial charge < -0.3 is 61.8 Å². The van der Waals surface area contributed by atoms with Gasteiger partial charge in [-0.15, -0.1) is 0 Å². The Labute approximate surface area is 795 Å². The number of H-pyrrole nitrogens is 4. The number of nitrogens with one attached hydrogen (secondary N) is 4. The van der Waals surface area contributed by atoms with E-state index in [9.17, 15) is 34.4 Å². The van der Waals surface area contributed by atoms with Crippen LogP contribution in [0.5, 0.6) is 0 Å². The molecule has 18 rings (SSSR count). The number of nitrogens with zero attached hydrogens (tertiary/aromatic N) is 12. The summed E-state index contributed by atoms with van der Waals surface area (Å²) in [6, 6.07) is 34.1. The van der Waals surface area contributed by atoms with E-state index in [2.05, 4.69) is 213 Å². The van der Waals surface area contributed by atoms with Crippen LogP contribution in [0.15, 0.2) is 183 Å². The van der Waals surface area contributed by atoms with Gasteiger partial charge in [-0.3, -0.25) is 48.5 Å². The van der Waals surface area contributed by atoms with Crippen molar-refractivity contribution in [1.82, 2.24) is 68.4 Å². The molecule has 43 heteroatoms. The van der Waals surface area contributed by atoms with Gasteiger partial charge in [0.15, 0.2) is 5.82 Å². The summed E-state index contributed by atoms with van der Waals surface area (Å²) in [7, 11) is -2.83. The summed E-state index contributed by atoms with van der Waals surface area (Å²) in [5.74, 6) is -0.122. The van der Waals surface area contributed by atoms with Gasteiger partial charge in [-0.25, -0.2) is 33.6 Å². The lowest BCUT2D eigenvalue weighted by molar-refractivity contribution is -0.384. The first-order chi connectivity index (χ1) is 58.3. The molecule has 123 heavy (non-hydrogen) atoms. The zero-order valence-electron chi connectivity index (χ0n) is 65.5. The van der Waals surface area contributed by atoms with Crippen molar-refractivity contribution in [3.05, 3.63) is 270 Å². The number of nitrogen functional groups attached to an aromatic ring is 4. The number of halogens is 10. The number of aromatic nitrogens is 13. The van der Waals surface area contributed by atoms with Crippen molar-refractivity contribution in [2.24, 2.45) is 5.92 Å². The topological polar surface area (TPSA) is 469 Å². The number of amides is 1. The smallest absolute Gasteiger partial charge is 0.438 e. The van der Waals surface area contributed by atoms with Crippen LogP contribution in [0.25, 0.3) is 61.2 Å². The Kier molecular flexibility index (Phi) is 29.9. The fourth-order valence-corrected chi connectivity index (χ4v) is 22.3. The molecule has 1 amide bonds. The molecule has 9 heterocycles. The van der Waals surface area contributed by atoms with Crippen molar-refractivity contribution in [2.45, 2.75) is 70.9 Å². The van der Waals surface area contributed by atoms with Crippen LogP contribution in [0.1, 0.15) is 89.3 Å². The molecule has 2 aliphatic heterocycles. The number of ether oxygens (including phenoxy) is 1. The van der Waals surface area contributed by atoms with E-state index in [1.54, 1.807) is 99.4 Å². The van der Waals surface area contributed by atoms with Crippen molar-refractivity contribution in [1.29, 1.82) is 0 Å². The Bertz CT molecular complexity index is 6650. The summed E-state index contributed by atoms with van der Waals surface area (Å²) in [4.78, 5) is 97.5. The highest BCUT2D eigenvalue weighted by Crippen LogP contribution is 2.56. The zero-order valence-corrected chi connectivity index (χ0v) is 82.9. The SMILES string of the molecule is Brc1cc(I)c2nc[nH]c2c1.Brc1cc(I)c2nc[nH]c2c1.Cc1cc(-n2nc3c(c2-n2ccn(-c4cc(P(C)(C)=O)c5nc[nH]c5c4)c2=O)[C@H](C)N(C(=O)c2cc4cc(C5CCOCC5)ccc4n2[C@@]2(c4noc(=O)[nH]4)C[C@@H]2C)CC3)cc(C)c1F.Nc1c(I)cc(Br)cc1[N+](=O)[O-].Nc1cc(Br)cc(I)c1N.Nc1ccc(Br)cc1[N+](=O)[O-].O=CO. The highest BCUT2D eigenvalue weighted by molar-refractivity contribution is 14.1. The van der Waals surface area contributed by atoms with Gasteiger partial charge in [0, 0.05) is 109 Å². The number of hydrogen-bond acceptors (Lipinski definition) is 20. The second kappa shape index (κ2) is 39.4. The summed E-state index contributed by atoms with van der Waals surface area (Å²) >= 11 is 25.0. The molecule has 0 spiro atoms. The molecule has 32 nitrogen and oxygen atoms in total. The van der Waals surface area contributed by atoms with Gasteiger partial charge in [0.1, 0.15) is 52.4 Å². The number of aryl methyl sites for hydroxylation is 2. The number of hydrogen-bond donors (Lipinski definition) is 9. The second-order valence-corrected chi connectivity index (χ2v) is 41.2. The molecule has 3 atom stereocenters. The molecular weight excluding hydrogens is 2390 g/mol. The first-order valence-electron chi connectivity index (χ1n) is 36.9. The van der Waals surface area contributed by atoms with Crippen LogP contribution in [0.3, 0.4) is 0 Å². The zero-order chi connectivity index (χ0) is 89.1. The molecule has 8 aromatic carbocycles. The standard InChI is InChI=1S/C47H48FN10O6P.2C7H4BrIN2.C6H4BrIN2O2.C6H6BrIN2.C6H5BrN2O2.CH2O2/c1-25-17-33(18-26(2)40(25)48)58-42(56-14-13-55(46(56)61)32-21-35-41(50-24-49-35)38(22-32)65(5,6)62)39-28(4)54(12-9-34(39)52-58)43(59)37-20-31-19-30(29-10-15-63-16-11-29)7-8-36(31)57(37)47(23-27(47)3)44-51-45(60)64-53-44;2*8-4-1-5(9)7-6(2-4)10-3-11-7;7-3-1-4(8)6(9)5(2-3)10(11)12;7-3-1-4(8)6(10)5(9)2-3;7-4-1-2-5(8)6(3-4)9(10)11;2-1-3/h7-8,13-14,17-22,24,27-29H,9-12,15-16,23H2,1-6H3,(H,49,50)(H,51,53,60);2*1-3H,(H,10,11);1-2H,9H2;1-2H,9-10H2;1-3H,8H2;1H,(H,2,3)/t27-,28-,47-;;;;;;/m0....../s1. The van der Waals surface area contributed by atoms with Crippen molar-refractivity contribution < 1.29 is 42.8 Å². The number of nitro groups is 2. The Balaban J connectivity index is 0.000000187. The summed E-state index contributed by atoms with van der Waals surface area (Å²) in [5, 5.41) is 38.3. The lowest BCUT2D eigenvalue weighted by atomic mass is 9.91. The van der Waals surface area contributed by atoms with Gasteiger partial charge >= 0.3 is 11.4 Å². The molecule has 2 fully saturated rings. The first-order valence-corrected chi connectivity index (χ1v) is 47.8. The Hall–Kier alpha value is -8.75. The molecule has 15 aromatic rings. The number of anilines is 4. The molecule has 3 aliphatic rings. The number of nitrogens with two attached hydrogens (primary N) is 4. The predicted molar refractivity (Wildman–Crippen MR) is 523 cm³/mol. The van der Waals surface area contributed by atoms with Crippen LogP contribution >= 0.6 is 177 Å². The number of rotatable bonds is 10. The number of carbonyl (C=O) groups excluding carboxylic acids is 1. The van der Waals surface area contributed by atoms with E-state index >= 15 is 9.18 Å². The summed E-state index contributed by atoms with van der Waals surface area (Å²) in [6.45, 7) is 12.2. The highest BCUT2D eigenvalue weighted by atomic mass is 127. The summed E-state index contributed by atoms with van der Waals surface area (Å²) < 4.78 is 54.5. The van der Waals surface area contributed by atoms with Crippen LogP contribution in [0.2, 0.25) is 0 Å². The molecule has 0 bridgehead atoms. The fourth-order valence-electron chi connectivity index (χ4n) is 14.5. The summed E-state index contributed by atoms with van der Waals surface area (Å²) in [5.41, 5.74) is 33.4. The molecule has 0 unspecified atom stereocenters. The van der Waals surface area contributed by atoms with Crippen LogP contribution in [0, 0.1) is 60.1 Å². The van der Waals surface area contributed by atoms with E-state index in [4.69, 9.17) is 47.2 Å². The Morgan fingerprint density at radius 3 is 1.76 bits per heavy atom. The number of aromatic amines is 4. The van der Waals surface area contributed by atoms with Gasteiger partial charge in [-0.05, 0) is 269 Å². The lowest BCUT2D eigenvalue weighted by Crippen LogP contribution is -2.41. The molecule has 640 valence electrons. The maximum Gasteiger partial charge on any atom is 0.438 e. The molecule has 1 aliphatic carbocycles. The quantitative estimate of drug-likeness (QED) is 0.0153. The van der Waals surface area contributed by atoms with Gasteiger partial charge in [0.05, 0.1) is 85.4 Å². The molecular formula is C80H73Br5FI4N20O12P. The third-order valence-electron chi connectivity index (χ3n) is 20.5. The van der Waals surface area contributed by atoms with Crippen molar-refractivity contribution in [3.8, 4) is 17.2 Å².